The predicted molar refractivity (Wildman–Crippen MR) is 170 cm³/mol. The first kappa shape index (κ1) is 41.3. The first-order valence-electron chi connectivity index (χ1n) is 14.8. The van der Waals surface area contributed by atoms with Crippen LogP contribution in [-0.4, -0.2) is 84.9 Å². The van der Waals surface area contributed by atoms with Gasteiger partial charge in [0.15, 0.2) is 0 Å². The van der Waals surface area contributed by atoms with Crippen LogP contribution >= 0.6 is 0 Å². The topological polar surface area (TPSA) is 214 Å². The maximum Gasteiger partial charge on any atom is 0.437 e. The Bertz CT molecular complexity index is 941. The Morgan fingerprint density at radius 3 is 1.09 bits per heavy atom. The van der Waals surface area contributed by atoms with E-state index in [-0.39, 0.29) is 11.9 Å². The molecule has 0 aromatic carbocycles. The van der Waals surface area contributed by atoms with Gasteiger partial charge in [0.2, 0.25) is 11.9 Å². The fourth-order valence-electron chi connectivity index (χ4n) is 2.75. The van der Waals surface area contributed by atoms with Crippen molar-refractivity contribution in [1.29, 1.82) is 0 Å². The number of hydrogen-bond donors (Lipinski definition) is 7. The predicted octanol–water partition coefficient (Wildman–Crippen LogP) is 3.18. The van der Waals surface area contributed by atoms with Crippen LogP contribution in [0.3, 0.4) is 0 Å². The minimum absolute atomic E-state index is 0.166. The van der Waals surface area contributed by atoms with Crippen molar-refractivity contribution in [2.75, 3.05) is 26.2 Å². The van der Waals surface area contributed by atoms with Crippen LogP contribution < -0.4 is 37.7 Å². The van der Waals surface area contributed by atoms with Gasteiger partial charge in [-0.05, 0) is 109 Å². The number of amides is 4. The van der Waals surface area contributed by atoms with Gasteiger partial charge >= 0.3 is 24.4 Å². The highest BCUT2D eigenvalue weighted by molar-refractivity contribution is 5.99. The summed E-state index contributed by atoms with van der Waals surface area (Å²) in [5.41, 5.74) is 8.18. The molecule has 17 nitrogen and oxygen atoms in total. The first-order chi connectivity index (χ1) is 20.4. The third-order valence-electron chi connectivity index (χ3n) is 4.16. The maximum absolute atomic E-state index is 12.1. The molecule has 0 aromatic rings. The van der Waals surface area contributed by atoms with Gasteiger partial charge in [-0.15, -0.1) is 9.98 Å². The molecule has 0 fully saturated rings. The average Bonchev–Trinajstić information content (AvgIpc) is 2.77. The molecule has 0 aromatic heterocycles. The van der Waals surface area contributed by atoms with E-state index in [0.717, 1.165) is 0 Å². The van der Waals surface area contributed by atoms with E-state index in [4.69, 9.17) is 18.9 Å². The van der Waals surface area contributed by atoms with Gasteiger partial charge in [0.1, 0.15) is 22.4 Å². The molecular weight excluding hydrogens is 590 g/mol. The van der Waals surface area contributed by atoms with Gasteiger partial charge in [0.05, 0.1) is 0 Å². The molecule has 0 saturated heterocycles. The molecule has 0 aliphatic heterocycles. The molecule has 0 heterocycles. The lowest BCUT2D eigenvalue weighted by Gasteiger charge is -2.21. The molecule has 17 heteroatoms. The van der Waals surface area contributed by atoms with Gasteiger partial charge in [-0.25, -0.2) is 30.0 Å². The molecular formula is C28H55N9O8. The second-order valence-electron chi connectivity index (χ2n) is 13.7. The van der Waals surface area contributed by atoms with E-state index in [9.17, 15) is 19.2 Å². The van der Waals surface area contributed by atoms with Crippen molar-refractivity contribution in [2.24, 2.45) is 9.98 Å². The second-order valence-corrected chi connectivity index (χ2v) is 13.7. The lowest BCUT2D eigenvalue weighted by Crippen LogP contribution is -2.50. The van der Waals surface area contributed by atoms with Crippen LogP contribution in [-0.2, 0) is 18.9 Å². The summed E-state index contributed by atoms with van der Waals surface area (Å²) in [6, 6.07) is 0. The summed E-state index contributed by atoms with van der Waals surface area (Å²) >= 11 is 0. The molecule has 0 radical (unpaired) electrons. The van der Waals surface area contributed by atoms with Crippen LogP contribution in [0.5, 0.6) is 0 Å². The lowest BCUT2D eigenvalue weighted by molar-refractivity contribution is 0.0542. The molecule has 0 saturated carbocycles. The zero-order valence-corrected chi connectivity index (χ0v) is 28.9. The number of guanidine groups is 2. The minimum Gasteiger partial charge on any atom is -0.444 e. The highest BCUT2D eigenvalue weighted by Crippen LogP contribution is 2.10. The van der Waals surface area contributed by atoms with Crippen LogP contribution in [0, 0.1) is 0 Å². The molecule has 0 bridgehead atoms. The van der Waals surface area contributed by atoms with Crippen LogP contribution in [0.25, 0.3) is 0 Å². The Hall–Kier alpha value is -3.70. The van der Waals surface area contributed by atoms with Crippen LogP contribution in [0.2, 0.25) is 0 Å². The summed E-state index contributed by atoms with van der Waals surface area (Å²) in [5, 5.41) is 8.05. The van der Waals surface area contributed by atoms with E-state index in [1.807, 2.05) is 0 Å². The van der Waals surface area contributed by atoms with Crippen molar-refractivity contribution >= 4 is 36.3 Å². The number of nitrogens with zero attached hydrogens (tertiary/aromatic N) is 2. The van der Waals surface area contributed by atoms with Crippen LogP contribution in [0.15, 0.2) is 9.98 Å². The maximum atomic E-state index is 12.1. The number of hydrogen-bond acceptors (Lipinski definition) is 11. The van der Waals surface area contributed by atoms with Crippen molar-refractivity contribution in [3.05, 3.63) is 0 Å². The van der Waals surface area contributed by atoms with Crippen molar-refractivity contribution in [1.82, 2.24) is 37.7 Å². The normalized spacial score (nSPS) is 13.0. The van der Waals surface area contributed by atoms with Gasteiger partial charge in [0, 0.05) is 13.1 Å². The molecule has 0 spiro atoms. The van der Waals surface area contributed by atoms with Crippen LogP contribution in [0.4, 0.5) is 19.2 Å². The highest BCUT2D eigenvalue weighted by atomic mass is 16.6. The Balaban J connectivity index is 4.60. The summed E-state index contributed by atoms with van der Waals surface area (Å²) < 4.78 is 20.8. The fourth-order valence-corrected chi connectivity index (χ4v) is 2.75. The van der Waals surface area contributed by atoms with Crippen molar-refractivity contribution < 1.29 is 38.1 Å². The summed E-state index contributed by atoms with van der Waals surface area (Å²) in [4.78, 5) is 56.0. The number of aliphatic imine (C=N–C) groups is 2. The Labute approximate surface area is 266 Å². The van der Waals surface area contributed by atoms with Gasteiger partial charge < -0.3 is 24.3 Å². The highest BCUT2D eigenvalue weighted by Gasteiger charge is 2.21. The Morgan fingerprint density at radius 2 is 0.800 bits per heavy atom. The number of hydrazine groups is 2. The molecule has 0 rings (SSSR count). The second kappa shape index (κ2) is 19.0. The average molecular weight is 646 g/mol. The Kier molecular flexibility index (Phi) is 17.4. The van der Waals surface area contributed by atoms with E-state index in [1.54, 1.807) is 83.1 Å². The third-order valence-corrected chi connectivity index (χ3v) is 4.16. The van der Waals surface area contributed by atoms with Gasteiger partial charge in [0.25, 0.3) is 0 Å². The van der Waals surface area contributed by atoms with Crippen LogP contribution in [0.1, 0.15) is 95.9 Å². The quantitative estimate of drug-likeness (QED) is 0.0598. The number of carbonyl (C=O) groups is 4. The van der Waals surface area contributed by atoms with Gasteiger partial charge in [-0.3, -0.25) is 21.5 Å². The molecule has 7 N–H and O–H groups in total. The number of ether oxygens (including phenoxy) is 4. The molecule has 0 aliphatic rings. The summed E-state index contributed by atoms with van der Waals surface area (Å²) in [6.07, 6.45) is -1.94. The van der Waals surface area contributed by atoms with Crippen molar-refractivity contribution in [2.45, 2.75) is 118 Å². The van der Waals surface area contributed by atoms with Crippen molar-refractivity contribution in [3.8, 4) is 0 Å². The molecule has 0 atom stereocenters. The standard InChI is InChI=1S/C28H55N9O8/c1-25(2,3)42-21(38)32-19(33-22(39)43-26(4,5)6)36-30-17-13-15-29-16-14-18-31-37-20(34-23(40)44-27(7,8)9)35-24(41)45-28(10,11)12/h29-31H,13-18H2,1-12H3,(H2,32,33,36,38,39)(H2,34,35,37,40,41). The zero-order chi connectivity index (χ0) is 34.9. The van der Waals surface area contributed by atoms with Gasteiger partial charge in [-0.2, -0.15) is 0 Å². The monoisotopic (exact) mass is 645 g/mol. The number of carbonyl (C=O) groups excluding carboxylic acids is 4. The molecule has 0 aliphatic carbocycles. The summed E-state index contributed by atoms with van der Waals surface area (Å²) in [5.74, 6) is -0.332. The van der Waals surface area contributed by atoms with E-state index >= 15 is 0 Å². The lowest BCUT2D eigenvalue weighted by atomic mass is 10.2. The van der Waals surface area contributed by atoms with Crippen molar-refractivity contribution in [3.63, 3.8) is 0 Å². The molecule has 4 amide bonds. The van der Waals surface area contributed by atoms with E-state index in [0.29, 0.717) is 39.0 Å². The SMILES string of the molecule is CC(C)(C)OC(=O)/N=C(\NNCCCNCCCNN/C(=N\C(=O)OC(C)(C)C)NC(=O)OC(C)(C)C)NC(=O)OC(C)(C)C. The van der Waals surface area contributed by atoms with E-state index in [1.165, 1.54) is 0 Å². The zero-order valence-electron chi connectivity index (χ0n) is 28.9. The molecule has 260 valence electrons. The smallest absolute Gasteiger partial charge is 0.437 e. The molecule has 45 heavy (non-hydrogen) atoms. The van der Waals surface area contributed by atoms with E-state index < -0.39 is 46.8 Å². The minimum atomic E-state index is -0.878. The third kappa shape index (κ3) is 27.6. The van der Waals surface area contributed by atoms with E-state index in [2.05, 4.69) is 47.6 Å². The molecule has 0 unspecified atom stereocenters. The largest absolute Gasteiger partial charge is 0.444 e. The Morgan fingerprint density at radius 1 is 0.489 bits per heavy atom. The number of alkyl carbamates (subject to hydrolysis) is 2. The number of rotatable bonds is 10. The summed E-state index contributed by atoms with van der Waals surface area (Å²) in [6.45, 7) is 22.8. The summed E-state index contributed by atoms with van der Waals surface area (Å²) in [7, 11) is 0. The fraction of sp³-hybridized carbons (Fsp3) is 0.786. The first-order valence-corrected chi connectivity index (χ1v) is 14.8. The number of nitrogens with one attached hydrogen (secondary N) is 7. The van der Waals surface area contributed by atoms with Gasteiger partial charge in [-0.1, -0.05) is 0 Å².